The van der Waals surface area contributed by atoms with E-state index in [9.17, 15) is 14.7 Å². The number of rotatable bonds is 7. The average molecular weight is 453 g/mol. The van der Waals surface area contributed by atoms with Crippen molar-refractivity contribution in [3.8, 4) is 22.6 Å². The number of pyridine rings is 1. The Morgan fingerprint density at radius 2 is 1.76 bits per heavy atom. The van der Waals surface area contributed by atoms with Crippen LogP contribution in [0.4, 0.5) is 0 Å². The second-order valence-corrected chi connectivity index (χ2v) is 7.82. The second kappa shape index (κ2) is 10.1. The first kappa shape index (κ1) is 22.8. The number of esters is 1. The van der Waals surface area contributed by atoms with E-state index < -0.39 is 11.5 Å². The Morgan fingerprint density at radius 3 is 2.42 bits per heavy atom. The summed E-state index contributed by atoms with van der Waals surface area (Å²) in [7, 11) is 1.61. The van der Waals surface area contributed by atoms with Crippen LogP contribution in [0.5, 0.6) is 11.5 Å². The van der Waals surface area contributed by atoms with Crippen molar-refractivity contribution < 1.29 is 24.1 Å². The van der Waals surface area contributed by atoms with E-state index in [1.807, 2.05) is 36.4 Å². The lowest BCUT2D eigenvalue weighted by Gasteiger charge is -2.27. The first-order valence-corrected chi connectivity index (χ1v) is 11.0. The van der Waals surface area contributed by atoms with Crippen molar-refractivity contribution in [2.24, 2.45) is 0 Å². The van der Waals surface area contributed by atoms with E-state index in [0.717, 1.165) is 30.0 Å². The van der Waals surface area contributed by atoms with Gasteiger partial charge in [-0.1, -0.05) is 18.2 Å². The SMILES string of the molecule is CCOC(=O)c1c(O)c2cc(-c3ccc(OC)cc3)ccc2n(CCN2CCOCC2)c1=O. The van der Waals surface area contributed by atoms with E-state index >= 15 is 0 Å². The molecule has 2 aromatic carbocycles. The Labute approximate surface area is 191 Å². The van der Waals surface area contributed by atoms with E-state index in [0.29, 0.717) is 37.2 Å². The molecule has 1 aromatic heterocycles. The molecule has 0 unspecified atom stereocenters. The summed E-state index contributed by atoms with van der Waals surface area (Å²) in [6, 6.07) is 13.0. The monoisotopic (exact) mass is 452 g/mol. The molecule has 4 rings (SSSR count). The van der Waals surface area contributed by atoms with Crippen LogP contribution in [0.3, 0.4) is 0 Å². The number of nitrogens with zero attached hydrogens (tertiary/aromatic N) is 2. The van der Waals surface area contributed by atoms with Crippen LogP contribution < -0.4 is 10.3 Å². The number of hydrogen-bond donors (Lipinski definition) is 1. The summed E-state index contributed by atoms with van der Waals surface area (Å²) in [5.74, 6) is -0.438. The Morgan fingerprint density at radius 1 is 1.06 bits per heavy atom. The summed E-state index contributed by atoms with van der Waals surface area (Å²) in [6.07, 6.45) is 0. The van der Waals surface area contributed by atoms with E-state index in [1.165, 1.54) is 0 Å². The number of aromatic hydroxyl groups is 1. The minimum Gasteiger partial charge on any atom is -0.506 e. The number of fused-ring (bicyclic) bond motifs is 1. The molecule has 8 heteroatoms. The fourth-order valence-corrected chi connectivity index (χ4v) is 4.08. The lowest BCUT2D eigenvalue weighted by atomic mass is 10.0. The third-order valence-corrected chi connectivity index (χ3v) is 5.88. The van der Waals surface area contributed by atoms with E-state index in [1.54, 1.807) is 24.7 Å². The lowest BCUT2D eigenvalue weighted by Crippen LogP contribution is -2.40. The van der Waals surface area contributed by atoms with Crippen LogP contribution in [0, 0.1) is 0 Å². The maximum atomic E-state index is 13.3. The Hall–Kier alpha value is -3.36. The highest BCUT2D eigenvalue weighted by Gasteiger charge is 2.24. The standard InChI is InChI=1S/C25H28N2O6/c1-3-33-25(30)22-23(28)20-16-18(17-4-7-19(31-2)8-5-17)6-9-21(20)27(24(22)29)11-10-26-12-14-32-15-13-26/h4-9,16,28H,3,10-15H2,1-2H3. The minimum absolute atomic E-state index is 0.107. The van der Waals surface area contributed by atoms with Gasteiger partial charge in [0.25, 0.3) is 5.56 Å². The molecule has 1 saturated heterocycles. The third-order valence-electron chi connectivity index (χ3n) is 5.88. The van der Waals surface area contributed by atoms with Gasteiger partial charge in [0, 0.05) is 31.6 Å². The first-order chi connectivity index (χ1) is 16.0. The van der Waals surface area contributed by atoms with Crippen molar-refractivity contribution in [2.45, 2.75) is 13.5 Å². The molecule has 2 heterocycles. The second-order valence-electron chi connectivity index (χ2n) is 7.82. The summed E-state index contributed by atoms with van der Waals surface area (Å²) in [4.78, 5) is 28.1. The van der Waals surface area contributed by atoms with Gasteiger partial charge in [-0.3, -0.25) is 9.69 Å². The molecule has 0 saturated carbocycles. The quantitative estimate of drug-likeness (QED) is 0.551. The molecule has 1 aliphatic rings. The van der Waals surface area contributed by atoms with Gasteiger partial charge in [-0.15, -0.1) is 0 Å². The fourth-order valence-electron chi connectivity index (χ4n) is 4.08. The van der Waals surface area contributed by atoms with Crippen molar-refractivity contribution >= 4 is 16.9 Å². The number of morpholine rings is 1. The van der Waals surface area contributed by atoms with Gasteiger partial charge in [-0.2, -0.15) is 0 Å². The first-order valence-electron chi connectivity index (χ1n) is 11.0. The zero-order valence-electron chi connectivity index (χ0n) is 18.9. The summed E-state index contributed by atoms with van der Waals surface area (Å²) in [5, 5.41) is 11.4. The fraction of sp³-hybridized carbons (Fsp3) is 0.360. The molecule has 0 spiro atoms. The predicted octanol–water partition coefficient (Wildman–Crippen LogP) is 2.89. The molecule has 0 radical (unpaired) electrons. The van der Waals surface area contributed by atoms with Crippen molar-refractivity contribution in [1.29, 1.82) is 0 Å². The van der Waals surface area contributed by atoms with Gasteiger partial charge in [0.1, 0.15) is 11.5 Å². The van der Waals surface area contributed by atoms with E-state index in [-0.39, 0.29) is 17.9 Å². The molecule has 0 aliphatic carbocycles. The molecule has 0 bridgehead atoms. The molecule has 174 valence electrons. The number of carbonyl (C=O) groups excluding carboxylic acids is 1. The molecule has 0 atom stereocenters. The van der Waals surface area contributed by atoms with Crippen LogP contribution in [0.25, 0.3) is 22.0 Å². The highest BCUT2D eigenvalue weighted by Crippen LogP contribution is 2.32. The highest BCUT2D eigenvalue weighted by atomic mass is 16.5. The van der Waals surface area contributed by atoms with Gasteiger partial charge >= 0.3 is 5.97 Å². The van der Waals surface area contributed by atoms with Crippen molar-refractivity contribution in [3.63, 3.8) is 0 Å². The van der Waals surface area contributed by atoms with Crippen molar-refractivity contribution in [1.82, 2.24) is 9.47 Å². The molecular weight excluding hydrogens is 424 g/mol. The molecule has 3 aromatic rings. The molecule has 1 aliphatic heterocycles. The van der Waals surface area contributed by atoms with E-state index in [2.05, 4.69) is 4.90 Å². The van der Waals surface area contributed by atoms with Crippen molar-refractivity contribution in [3.05, 3.63) is 58.4 Å². The van der Waals surface area contributed by atoms with Gasteiger partial charge in [-0.05, 0) is 42.3 Å². The van der Waals surface area contributed by atoms with Crippen LogP contribution in [-0.4, -0.2) is 67.1 Å². The van der Waals surface area contributed by atoms with Gasteiger partial charge in [-0.25, -0.2) is 4.79 Å². The zero-order valence-corrected chi connectivity index (χ0v) is 18.9. The molecule has 1 fully saturated rings. The largest absolute Gasteiger partial charge is 0.506 e. The van der Waals surface area contributed by atoms with Crippen LogP contribution in [-0.2, 0) is 16.0 Å². The minimum atomic E-state index is -0.822. The number of methoxy groups -OCH3 is 1. The van der Waals surface area contributed by atoms with Crippen LogP contribution in [0.15, 0.2) is 47.3 Å². The molecular formula is C25H28N2O6. The average Bonchev–Trinajstić information content (AvgIpc) is 2.85. The highest BCUT2D eigenvalue weighted by molar-refractivity contribution is 6.00. The smallest absolute Gasteiger partial charge is 0.347 e. The Bertz CT molecular complexity index is 1200. The maximum Gasteiger partial charge on any atom is 0.347 e. The molecule has 8 nitrogen and oxygen atoms in total. The number of aromatic nitrogens is 1. The third kappa shape index (κ3) is 4.72. The van der Waals surface area contributed by atoms with Crippen LogP contribution in [0.2, 0.25) is 0 Å². The van der Waals surface area contributed by atoms with Crippen LogP contribution >= 0.6 is 0 Å². The van der Waals surface area contributed by atoms with Gasteiger partial charge < -0.3 is 23.9 Å². The van der Waals surface area contributed by atoms with Gasteiger partial charge in [0.15, 0.2) is 5.56 Å². The van der Waals surface area contributed by atoms with E-state index in [4.69, 9.17) is 14.2 Å². The number of benzene rings is 2. The topological polar surface area (TPSA) is 90.2 Å². The summed E-state index contributed by atoms with van der Waals surface area (Å²) in [5.41, 5.74) is 1.44. The molecule has 33 heavy (non-hydrogen) atoms. The molecule has 1 N–H and O–H groups in total. The normalized spacial score (nSPS) is 14.4. The zero-order chi connectivity index (χ0) is 23.4. The number of carbonyl (C=O) groups is 1. The number of hydrogen-bond acceptors (Lipinski definition) is 7. The summed E-state index contributed by atoms with van der Waals surface area (Å²) in [6.45, 7) is 5.67. The summed E-state index contributed by atoms with van der Waals surface area (Å²) < 4.78 is 17.2. The van der Waals surface area contributed by atoms with Crippen molar-refractivity contribution in [2.75, 3.05) is 46.6 Å². The maximum absolute atomic E-state index is 13.3. The Kier molecular flexibility index (Phi) is 6.96. The predicted molar refractivity (Wildman–Crippen MR) is 125 cm³/mol. The van der Waals surface area contributed by atoms with Gasteiger partial charge in [0.2, 0.25) is 0 Å². The number of ether oxygens (including phenoxy) is 3. The molecule has 0 amide bonds. The summed E-state index contributed by atoms with van der Waals surface area (Å²) >= 11 is 0. The van der Waals surface area contributed by atoms with Gasteiger partial charge in [0.05, 0.1) is 32.4 Å². The Balaban J connectivity index is 1.81. The van der Waals surface area contributed by atoms with Crippen LogP contribution in [0.1, 0.15) is 17.3 Å². The lowest BCUT2D eigenvalue weighted by molar-refractivity contribution is 0.0364.